The van der Waals surface area contributed by atoms with Gasteiger partial charge < -0.3 is 11.1 Å². The molecule has 4 N–H and O–H groups in total. The zero-order valence-corrected chi connectivity index (χ0v) is 11.5. The molecule has 0 atom stereocenters. The number of nitrogen functional groups attached to an aromatic ring is 1. The highest BCUT2D eigenvalue weighted by atomic mass is 32.2. The van der Waals surface area contributed by atoms with Gasteiger partial charge in [0.15, 0.2) is 0 Å². The van der Waals surface area contributed by atoms with Crippen molar-refractivity contribution in [3.8, 4) is 0 Å². The van der Waals surface area contributed by atoms with Crippen LogP contribution in [-0.2, 0) is 10.0 Å². The smallest absolute Gasteiger partial charge is 0.242 e. The molecule has 1 aromatic rings. The predicted molar refractivity (Wildman–Crippen MR) is 73.0 cm³/mol. The lowest BCUT2D eigenvalue weighted by atomic mass is 9.78. The molecule has 0 radical (unpaired) electrons. The Kier molecular flexibility index (Phi) is 3.25. The van der Waals surface area contributed by atoms with E-state index in [-0.39, 0.29) is 16.1 Å². The van der Waals surface area contributed by atoms with E-state index in [0.29, 0.717) is 0 Å². The third-order valence-corrected chi connectivity index (χ3v) is 4.96. The van der Waals surface area contributed by atoms with Crippen molar-refractivity contribution in [3.05, 3.63) is 18.2 Å². The lowest BCUT2D eigenvalue weighted by molar-refractivity contribution is 0.306. The summed E-state index contributed by atoms with van der Waals surface area (Å²) >= 11 is 0. The quantitative estimate of drug-likeness (QED) is 0.724. The molecule has 0 aliphatic heterocycles. The normalized spacial score (nSPS) is 18.1. The van der Waals surface area contributed by atoms with Crippen molar-refractivity contribution in [2.75, 3.05) is 18.1 Å². The van der Waals surface area contributed by atoms with Crippen molar-refractivity contribution in [1.82, 2.24) is 4.72 Å². The van der Waals surface area contributed by atoms with Crippen molar-refractivity contribution in [2.45, 2.75) is 36.6 Å². The summed E-state index contributed by atoms with van der Waals surface area (Å²) in [5, 5.41) is 3.40. The highest BCUT2D eigenvalue weighted by Gasteiger charge is 2.31. The molecule has 1 aromatic carbocycles. The standard InChI is InChI=1S/C12H19N3O2S/c1-12(6-3-7-12)15-9-4-5-11(10(13)8-9)18(16,17)14-2/h4-5,8,14-15H,3,6-7,13H2,1-2H3. The van der Waals surface area contributed by atoms with Gasteiger partial charge in [0.05, 0.1) is 5.69 Å². The maximum absolute atomic E-state index is 11.7. The summed E-state index contributed by atoms with van der Waals surface area (Å²) in [6, 6.07) is 4.96. The summed E-state index contributed by atoms with van der Waals surface area (Å²) in [5.74, 6) is 0. The van der Waals surface area contributed by atoms with Gasteiger partial charge in [-0.2, -0.15) is 0 Å². The molecule has 0 bridgehead atoms. The zero-order chi connectivity index (χ0) is 13.4. The molecule has 0 spiro atoms. The van der Waals surface area contributed by atoms with Crippen molar-refractivity contribution in [1.29, 1.82) is 0 Å². The van der Waals surface area contributed by atoms with Gasteiger partial charge >= 0.3 is 0 Å². The van der Waals surface area contributed by atoms with Gasteiger partial charge in [-0.15, -0.1) is 0 Å². The molecule has 6 heteroatoms. The second-order valence-corrected chi connectivity index (χ2v) is 6.85. The third-order valence-electron chi connectivity index (χ3n) is 3.47. The Hall–Kier alpha value is -1.27. The van der Waals surface area contributed by atoms with Crippen LogP contribution in [0.25, 0.3) is 0 Å². The highest BCUT2D eigenvalue weighted by Crippen LogP contribution is 2.35. The van der Waals surface area contributed by atoms with Gasteiger partial charge in [-0.3, -0.25) is 0 Å². The Morgan fingerprint density at radius 3 is 2.44 bits per heavy atom. The van der Waals surface area contributed by atoms with E-state index in [2.05, 4.69) is 17.0 Å². The number of sulfonamides is 1. The van der Waals surface area contributed by atoms with Crippen LogP contribution >= 0.6 is 0 Å². The average molecular weight is 269 g/mol. The van der Waals surface area contributed by atoms with Gasteiger partial charge in [-0.05, 0) is 51.4 Å². The van der Waals surface area contributed by atoms with Gasteiger partial charge in [0.1, 0.15) is 4.90 Å². The van der Waals surface area contributed by atoms with Crippen LogP contribution < -0.4 is 15.8 Å². The molecular formula is C12H19N3O2S. The number of nitrogens with one attached hydrogen (secondary N) is 2. The zero-order valence-electron chi connectivity index (χ0n) is 10.7. The van der Waals surface area contributed by atoms with E-state index < -0.39 is 10.0 Å². The summed E-state index contributed by atoms with van der Waals surface area (Å²) in [4.78, 5) is 0.120. The minimum absolute atomic E-state index is 0.120. The second-order valence-electron chi connectivity index (χ2n) is 5.00. The van der Waals surface area contributed by atoms with Crippen LogP contribution in [0.4, 0.5) is 11.4 Å². The maximum Gasteiger partial charge on any atom is 0.242 e. The van der Waals surface area contributed by atoms with Crippen LogP contribution in [-0.4, -0.2) is 21.0 Å². The van der Waals surface area contributed by atoms with Crippen molar-refractivity contribution in [3.63, 3.8) is 0 Å². The van der Waals surface area contributed by atoms with E-state index in [9.17, 15) is 8.42 Å². The fraction of sp³-hybridized carbons (Fsp3) is 0.500. The second kappa shape index (κ2) is 4.44. The molecule has 2 rings (SSSR count). The van der Waals surface area contributed by atoms with Crippen LogP contribution in [0.2, 0.25) is 0 Å². The van der Waals surface area contributed by atoms with Gasteiger partial charge in [0, 0.05) is 11.2 Å². The Labute approximate surface area is 108 Å². The summed E-state index contributed by atoms with van der Waals surface area (Å²) in [6.45, 7) is 2.16. The fourth-order valence-corrected chi connectivity index (χ4v) is 3.00. The highest BCUT2D eigenvalue weighted by molar-refractivity contribution is 7.89. The average Bonchev–Trinajstić information content (AvgIpc) is 2.26. The monoisotopic (exact) mass is 269 g/mol. The molecule has 1 fully saturated rings. The Morgan fingerprint density at radius 2 is 2.00 bits per heavy atom. The van der Waals surface area contributed by atoms with E-state index in [4.69, 9.17) is 5.73 Å². The molecule has 0 heterocycles. The lowest BCUT2D eigenvalue weighted by Gasteiger charge is -2.40. The van der Waals surface area contributed by atoms with Gasteiger partial charge in [-0.1, -0.05) is 0 Å². The first kappa shape index (κ1) is 13.2. The van der Waals surface area contributed by atoms with E-state index in [1.54, 1.807) is 12.1 Å². The van der Waals surface area contributed by atoms with Crippen LogP contribution in [0.3, 0.4) is 0 Å². The first-order valence-electron chi connectivity index (χ1n) is 5.98. The van der Waals surface area contributed by atoms with E-state index >= 15 is 0 Å². The maximum atomic E-state index is 11.7. The molecule has 18 heavy (non-hydrogen) atoms. The SMILES string of the molecule is CNS(=O)(=O)c1ccc(NC2(C)CCC2)cc1N. The van der Waals surface area contributed by atoms with Gasteiger partial charge in [0.2, 0.25) is 10.0 Å². The fourth-order valence-electron chi connectivity index (χ4n) is 2.16. The number of hydrogen-bond acceptors (Lipinski definition) is 4. The van der Waals surface area contributed by atoms with Gasteiger partial charge in [0.25, 0.3) is 0 Å². The molecule has 0 amide bonds. The van der Waals surface area contributed by atoms with Crippen molar-refractivity contribution in [2.24, 2.45) is 0 Å². The molecular weight excluding hydrogens is 250 g/mol. The van der Waals surface area contributed by atoms with Crippen LogP contribution in [0.15, 0.2) is 23.1 Å². The number of nitrogens with two attached hydrogens (primary N) is 1. The van der Waals surface area contributed by atoms with Crippen molar-refractivity contribution < 1.29 is 8.42 Å². The van der Waals surface area contributed by atoms with Crippen LogP contribution in [0, 0.1) is 0 Å². The third kappa shape index (κ3) is 2.44. The molecule has 0 aromatic heterocycles. The molecule has 1 saturated carbocycles. The van der Waals surface area contributed by atoms with E-state index in [1.165, 1.54) is 19.5 Å². The van der Waals surface area contributed by atoms with Crippen LogP contribution in [0.5, 0.6) is 0 Å². The molecule has 1 aliphatic rings. The predicted octanol–water partition coefficient (Wildman–Crippen LogP) is 1.53. The first-order chi connectivity index (χ1) is 8.36. The van der Waals surface area contributed by atoms with Crippen LogP contribution in [0.1, 0.15) is 26.2 Å². The minimum Gasteiger partial charge on any atom is -0.398 e. The molecule has 0 saturated heterocycles. The largest absolute Gasteiger partial charge is 0.398 e. The molecule has 100 valence electrons. The summed E-state index contributed by atoms with van der Waals surface area (Å²) in [6.07, 6.45) is 3.48. The van der Waals surface area contributed by atoms with Gasteiger partial charge in [-0.25, -0.2) is 13.1 Å². The van der Waals surface area contributed by atoms with Crippen molar-refractivity contribution >= 4 is 21.4 Å². The molecule has 0 unspecified atom stereocenters. The summed E-state index contributed by atoms with van der Waals surface area (Å²) in [5.41, 5.74) is 7.05. The van der Waals surface area contributed by atoms with E-state index in [1.807, 2.05) is 0 Å². The Bertz CT molecular complexity index is 550. The first-order valence-corrected chi connectivity index (χ1v) is 7.46. The van der Waals surface area contributed by atoms with E-state index in [0.717, 1.165) is 18.5 Å². The Morgan fingerprint density at radius 1 is 1.33 bits per heavy atom. The lowest BCUT2D eigenvalue weighted by Crippen LogP contribution is -2.41. The minimum atomic E-state index is -3.48. The molecule has 5 nitrogen and oxygen atoms in total. The topological polar surface area (TPSA) is 84.2 Å². The molecule has 1 aliphatic carbocycles. The number of anilines is 2. The summed E-state index contributed by atoms with van der Waals surface area (Å²) in [7, 11) is -2.11. The summed E-state index contributed by atoms with van der Waals surface area (Å²) < 4.78 is 25.6. The number of hydrogen-bond donors (Lipinski definition) is 3. The number of rotatable bonds is 4. The number of benzene rings is 1. The Balaban J connectivity index is 2.25.